The first-order chi connectivity index (χ1) is 8.26. The van der Waals surface area contributed by atoms with Gasteiger partial charge in [0.1, 0.15) is 5.75 Å². The molecule has 0 saturated carbocycles. The lowest BCUT2D eigenvalue weighted by molar-refractivity contribution is -0.116. The molecule has 0 spiro atoms. The number of amides is 1. The van der Waals surface area contributed by atoms with Crippen LogP contribution in [0.5, 0.6) is 5.75 Å². The SMILES string of the molecule is CCOc1ccc(/C=C/C(=O)NCCN)cc1. The monoisotopic (exact) mass is 234 g/mol. The van der Waals surface area contributed by atoms with Gasteiger partial charge in [-0.05, 0) is 30.7 Å². The number of ether oxygens (including phenoxy) is 1. The number of hydrogen-bond donors (Lipinski definition) is 2. The molecule has 92 valence electrons. The van der Waals surface area contributed by atoms with Gasteiger partial charge in [-0.25, -0.2) is 0 Å². The van der Waals surface area contributed by atoms with Gasteiger partial charge in [-0.2, -0.15) is 0 Å². The van der Waals surface area contributed by atoms with Gasteiger partial charge in [0.15, 0.2) is 0 Å². The van der Waals surface area contributed by atoms with Crippen LogP contribution in [0.4, 0.5) is 0 Å². The quantitative estimate of drug-likeness (QED) is 0.726. The Kier molecular flexibility index (Phi) is 5.82. The molecule has 0 aliphatic heterocycles. The molecule has 0 bridgehead atoms. The summed E-state index contributed by atoms with van der Waals surface area (Å²) in [6.45, 7) is 3.53. The Morgan fingerprint density at radius 1 is 1.41 bits per heavy atom. The Balaban J connectivity index is 2.50. The molecule has 0 unspecified atom stereocenters. The molecule has 0 aliphatic carbocycles. The molecule has 0 saturated heterocycles. The van der Waals surface area contributed by atoms with Crippen molar-refractivity contribution in [1.29, 1.82) is 0 Å². The summed E-state index contributed by atoms with van der Waals surface area (Å²) >= 11 is 0. The molecule has 0 aromatic heterocycles. The predicted molar refractivity (Wildman–Crippen MR) is 68.7 cm³/mol. The second kappa shape index (κ2) is 7.46. The highest BCUT2D eigenvalue weighted by molar-refractivity contribution is 5.91. The summed E-state index contributed by atoms with van der Waals surface area (Å²) in [5.41, 5.74) is 6.23. The van der Waals surface area contributed by atoms with E-state index in [9.17, 15) is 4.79 Å². The zero-order valence-electron chi connectivity index (χ0n) is 9.98. The summed E-state index contributed by atoms with van der Waals surface area (Å²) in [7, 11) is 0. The van der Waals surface area contributed by atoms with Gasteiger partial charge >= 0.3 is 0 Å². The van der Waals surface area contributed by atoms with Crippen molar-refractivity contribution in [3.8, 4) is 5.75 Å². The fourth-order valence-corrected chi connectivity index (χ4v) is 1.27. The zero-order chi connectivity index (χ0) is 12.5. The Morgan fingerprint density at radius 3 is 2.71 bits per heavy atom. The molecule has 4 nitrogen and oxygen atoms in total. The molecule has 0 atom stereocenters. The second-order valence-corrected chi connectivity index (χ2v) is 3.42. The Labute approximate surface area is 101 Å². The van der Waals surface area contributed by atoms with Crippen LogP contribution in [0, 0.1) is 0 Å². The molecule has 1 aromatic carbocycles. The fraction of sp³-hybridized carbons (Fsp3) is 0.308. The first-order valence-electron chi connectivity index (χ1n) is 5.65. The molecule has 1 rings (SSSR count). The standard InChI is InChI=1S/C13H18N2O2/c1-2-17-12-6-3-11(4-7-12)5-8-13(16)15-10-9-14/h3-8H,2,9-10,14H2,1H3,(H,15,16)/b8-5+. The van der Waals surface area contributed by atoms with Crippen LogP contribution in [0.1, 0.15) is 12.5 Å². The molecule has 0 heterocycles. The van der Waals surface area contributed by atoms with Crippen molar-refractivity contribution >= 4 is 12.0 Å². The molecule has 1 aromatic rings. The van der Waals surface area contributed by atoms with Crippen LogP contribution in [-0.2, 0) is 4.79 Å². The largest absolute Gasteiger partial charge is 0.494 e. The van der Waals surface area contributed by atoms with Crippen LogP contribution in [0.15, 0.2) is 30.3 Å². The summed E-state index contributed by atoms with van der Waals surface area (Å²) in [6.07, 6.45) is 3.24. The van der Waals surface area contributed by atoms with E-state index in [0.717, 1.165) is 11.3 Å². The molecule has 4 heteroatoms. The number of benzene rings is 1. The number of nitrogens with one attached hydrogen (secondary N) is 1. The van der Waals surface area contributed by atoms with Crippen molar-refractivity contribution in [1.82, 2.24) is 5.32 Å². The fourth-order valence-electron chi connectivity index (χ4n) is 1.27. The molecule has 0 radical (unpaired) electrons. The lowest BCUT2D eigenvalue weighted by Crippen LogP contribution is -2.27. The Bertz CT molecular complexity index is 372. The van der Waals surface area contributed by atoms with E-state index >= 15 is 0 Å². The molecular formula is C13H18N2O2. The van der Waals surface area contributed by atoms with Gasteiger partial charge in [0.05, 0.1) is 6.61 Å². The highest BCUT2D eigenvalue weighted by atomic mass is 16.5. The third-order valence-corrected chi connectivity index (χ3v) is 2.06. The van der Waals surface area contributed by atoms with Gasteiger partial charge in [-0.1, -0.05) is 12.1 Å². The second-order valence-electron chi connectivity index (χ2n) is 3.42. The van der Waals surface area contributed by atoms with Crippen LogP contribution < -0.4 is 15.8 Å². The van der Waals surface area contributed by atoms with Gasteiger partial charge in [0.25, 0.3) is 0 Å². The summed E-state index contributed by atoms with van der Waals surface area (Å²) in [4.78, 5) is 11.3. The van der Waals surface area contributed by atoms with Crippen LogP contribution >= 0.6 is 0 Å². The van der Waals surface area contributed by atoms with E-state index in [0.29, 0.717) is 19.7 Å². The first-order valence-corrected chi connectivity index (χ1v) is 5.65. The maximum absolute atomic E-state index is 11.3. The smallest absolute Gasteiger partial charge is 0.244 e. The van der Waals surface area contributed by atoms with Gasteiger partial charge in [0, 0.05) is 19.2 Å². The van der Waals surface area contributed by atoms with Gasteiger partial charge in [0.2, 0.25) is 5.91 Å². The topological polar surface area (TPSA) is 64.3 Å². The third kappa shape index (κ3) is 5.17. The van der Waals surface area contributed by atoms with Crippen LogP contribution in [0.2, 0.25) is 0 Å². The van der Waals surface area contributed by atoms with Gasteiger partial charge < -0.3 is 15.8 Å². The molecular weight excluding hydrogens is 216 g/mol. The van der Waals surface area contributed by atoms with E-state index in [2.05, 4.69) is 5.32 Å². The number of hydrogen-bond acceptors (Lipinski definition) is 3. The maximum atomic E-state index is 11.3. The Hall–Kier alpha value is -1.81. The third-order valence-electron chi connectivity index (χ3n) is 2.06. The molecule has 0 aliphatic rings. The summed E-state index contributed by atoms with van der Waals surface area (Å²) in [5, 5.41) is 2.66. The van der Waals surface area contributed by atoms with Gasteiger partial charge in [-0.15, -0.1) is 0 Å². The van der Waals surface area contributed by atoms with Crippen molar-refractivity contribution in [3.63, 3.8) is 0 Å². The van der Waals surface area contributed by atoms with Crippen molar-refractivity contribution in [2.75, 3.05) is 19.7 Å². The van der Waals surface area contributed by atoms with E-state index in [1.165, 1.54) is 6.08 Å². The predicted octanol–water partition coefficient (Wildman–Crippen LogP) is 1.17. The summed E-state index contributed by atoms with van der Waals surface area (Å²) in [5.74, 6) is 0.696. The molecule has 17 heavy (non-hydrogen) atoms. The molecule has 1 amide bonds. The minimum absolute atomic E-state index is 0.135. The van der Waals surface area contributed by atoms with Crippen LogP contribution in [0.25, 0.3) is 6.08 Å². The lowest BCUT2D eigenvalue weighted by atomic mass is 10.2. The lowest BCUT2D eigenvalue weighted by Gasteiger charge is -2.02. The van der Waals surface area contributed by atoms with Crippen molar-refractivity contribution in [2.45, 2.75) is 6.92 Å². The minimum atomic E-state index is -0.135. The number of nitrogens with two attached hydrogens (primary N) is 1. The van der Waals surface area contributed by atoms with E-state index < -0.39 is 0 Å². The summed E-state index contributed by atoms with van der Waals surface area (Å²) < 4.78 is 5.32. The van der Waals surface area contributed by atoms with Crippen molar-refractivity contribution in [2.24, 2.45) is 5.73 Å². The first kappa shape index (κ1) is 13.3. The highest BCUT2D eigenvalue weighted by Crippen LogP contribution is 2.12. The van der Waals surface area contributed by atoms with E-state index in [-0.39, 0.29) is 5.91 Å². The van der Waals surface area contributed by atoms with E-state index in [1.54, 1.807) is 6.08 Å². The zero-order valence-corrected chi connectivity index (χ0v) is 9.98. The highest BCUT2D eigenvalue weighted by Gasteiger charge is 1.94. The molecule has 0 fully saturated rings. The van der Waals surface area contributed by atoms with E-state index in [1.807, 2.05) is 31.2 Å². The minimum Gasteiger partial charge on any atom is -0.494 e. The van der Waals surface area contributed by atoms with Crippen molar-refractivity contribution in [3.05, 3.63) is 35.9 Å². The Morgan fingerprint density at radius 2 is 2.12 bits per heavy atom. The number of rotatable bonds is 6. The van der Waals surface area contributed by atoms with Gasteiger partial charge in [-0.3, -0.25) is 4.79 Å². The van der Waals surface area contributed by atoms with Crippen molar-refractivity contribution < 1.29 is 9.53 Å². The van der Waals surface area contributed by atoms with E-state index in [4.69, 9.17) is 10.5 Å². The maximum Gasteiger partial charge on any atom is 0.244 e. The van der Waals surface area contributed by atoms with Crippen LogP contribution in [0.3, 0.4) is 0 Å². The molecule has 3 N–H and O–H groups in total. The average molecular weight is 234 g/mol. The number of carbonyl (C=O) groups is 1. The normalized spacial score (nSPS) is 10.5. The summed E-state index contributed by atoms with van der Waals surface area (Å²) in [6, 6.07) is 7.55. The van der Waals surface area contributed by atoms with Crippen LogP contribution in [-0.4, -0.2) is 25.6 Å². The average Bonchev–Trinajstić information content (AvgIpc) is 2.36. The number of carbonyl (C=O) groups excluding carboxylic acids is 1.